The third-order valence-corrected chi connectivity index (χ3v) is 5.05. The molecule has 7 nitrogen and oxygen atoms in total. The first-order valence-corrected chi connectivity index (χ1v) is 8.95. The normalized spacial score (nSPS) is 22.4. The Bertz CT molecular complexity index is 643. The Kier molecular flexibility index (Phi) is 8.06. The van der Waals surface area contributed by atoms with E-state index in [1.807, 2.05) is 12.1 Å². The molecule has 1 saturated carbocycles. The van der Waals surface area contributed by atoms with Crippen molar-refractivity contribution >= 4 is 11.8 Å². The summed E-state index contributed by atoms with van der Waals surface area (Å²) in [5, 5.41) is 0. The average Bonchev–Trinajstić information content (AvgIpc) is 2.69. The maximum atomic E-state index is 12.7. The summed E-state index contributed by atoms with van der Waals surface area (Å²) in [6, 6.07) is 5.51. The minimum Gasteiger partial charge on any atom is -0.497 e. The summed E-state index contributed by atoms with van der Waals surface area (Å²) >= 11 is 0. The molecule has 0 amide bonds. The van der Waals surface area contributed by atoms with Crippen molar-refractivity contribution in [2.24, 2.45) is 11.8 Å². The van der Waals surface area contributed by atoms with Gasteiger partial charge in [0.05, 0.1) is 33.9 Å². The predicted octanol–water partition coefficient (Wildman–Crippen LogP) is 2.39. The number of carbonyl (C=O) groups excluding carboxylic acids is 2. The van der Waals surface area contributed by atoms with E-state index in [0.717, 1.165) is 5.56 Å². The second-order valence-electron chi connectivity index (χ2n) is 6.55. The second-order valence-corrected chi connectivity index (χ2v) is 6.55. The van der Waals surface area contributed by atoms with Gasteiger partial charge < -0.3 is 23.7 Å². The van der Waals surface area contributed by atoms with Crippen LogP contribution in [0.3, 0.4) is 0 Å². The third kappa shape index (κ3) is 5.43. The van der Waals surface area contributed by atoms with Crippen LogP contribution in [0.5, 0.6) is 11.5 Å². The monoisotopic (exact) mass is 380 g/mol. The smallest absolute Gasteiger partial charge is 0.305 e. The van der Waals surface area contributed by atoms with E-state index in [2.05, 4.69) is 0 Å². The van der Waals surface area contributed by atoms with Gasteiger partial charge in [-0.15, -0.1) is 0 Å². The molecule has 2 rings (SSSR count). The average molecular weight is 380 g/mol. The first-order valence-electron chi connectivity index (χ1n) is 8.95. The van der Waals surface area contributed by atoms with Gasteiger partial charge in [0.1, 0.15) is 24.1 Å². The van der Waals surface area contributed by atoms with Gasteiger partial charge in [-0.2, -0.15) is 0 Å². The number of esters is 1. The molecule has 0 spiro atoms. The molecule has 27 heavy (non-hydrogen) atoms. The van der Waals surface area contributed by atoms with Crippen molar-refractivity contribution in [1.29, 1.82) is 0 Å². The Labute approximate surface area is 159 Å². The van der Waals surface area contributed by atoms with Gasteiger partial charge in [-0.25, -0.2) is 0 Å². The minimum atomic E-state index is -0.359. The molecule has 1 aromatic rings. The van der Waals surface area contributed by atoms with Crippen LogP contribution in [0.25, 0.3) is 0 Å². The Morgan fingerprint density at radius 2 is 1.93 bits per heavy atom. The molecule has 0 radical (unpaired) electrons. The van der Waals surface area contributed by atoms with E-state index in [-0.39, 0.29) is 42.9 Å². The maximum Gasteiger partial charge on any atom is 0.305 e. The van der Waals surface area contributed by atoms with Gasteiger partial charge >= 0.3 is 5.97 Å². The molecule has 0 N–H and O–H groups in total. The summed E-state index contributed by atoms with van der Waals surface area (Å²) in [4.78, 5) is 24.7. The second kappa shape index (κ2) is 10.3. The highest BCUT2D eigenvalue weighted by Crippen LogP contribution is 2.37. The summed E-state index contributed by atoms with van der Waals surface area (Å²) in [5.74, 6) is 0.464. The fraction of sp³-hybridized carbons (Fsp3) is 0.600. The molecule has 1 aliphatic rings. The standard InChI is InChI=1S/C20H28O7/c1-23-12-27-18-8-7-17(21)15(16(18)11-20(22)26-4)9-13-5-6-14(24-2)10-19(13)25-3/h5-6,10,15-16,18H,7-9,11-12H2,1-4H3/t15-,16+,18+/m0/s1. The highest BCUT2D eigenvalue weighted by molar-refractivity contribution is 5.83. The van der Waals surface area contributed by atoms with Crippen molar-refractivity contribution < 1.29 is 33.3 Å². The molecular weight excluding hydrogens is 352 g/mol. The summed E-state index contributed by atoms with van der Waals surface area (Å²) < 4.78 is 26.3. The molecule has 0 saturated heterocycles. The number of ketones is 1. The Balaban J connectivity index is 2.28. The van der Waals surface area contributed by atoms with Crippen LogP contribution in [-0.2, 0) is 30.2 Å². The van der Waals surface area contributed by atoms with Crippen molar-refractivity contribution in [3.8, 4) is 11.5 Å². The van der Waals surface area contributed by atoms with Crippen molar-refractivity contribution in [2.75, 3.05) is 35.2 Å². The zero-order valence-corrected chi connectivity index (χ0v) is 16.4. The zero-order chi connectivity index (χ0) is 19.8. The molecule has 0 aromatic heterocycles. The molecule has 1 aliphatic carbocycles. The van der Waals surface area contributed by atoms with Crippen LogP contribution in [0.2, 0.25) is 0 Å². The predicted molar refractivity (Wildman–Crippen MR) is 97.9 cm³/mol. The van der Waals surface area contributed by atoms with E-state index in [1.165, 1.54) is 7.11 Å². The summed E-state index contributed by atoms with van der Waals surface area (Å²) in [7, 11) is 6.06. The molecule has 0 heterocycles. The van der Waals surface area contributed by atoms with Crippen molar-refractivity contribution in [2.45, 2.75) is 31.8 Å². The van der Waals surface area contributed by atoms with Crippen LogP contribution in [-0.4, -0.2) is 53.1 Å². The molecular formula is C20H28O7. The first kappa shape index (κ1) is 21.2. The Morgan fingerprint density at radius 1 is 1.15 bits per heavy atom. The molecule has 7 heteroatoms. The number of ether oxygens (including phenoxy) is 5. The van der Waals surface area contributed by atoms with E-state index in [0.29, 0.717) is 30.8 Å². The summed E-state index contributed by atoms with van der Waals surface area (Å²) in [6.07, 6.45) is 1.33. The molecule has 3 atom stereocenters. The van der Waals surface area contributed by atoms with Crippen LogP contribution >= 0.6 is 0 Å². The van der Waals surface area contributed by atoms with Crippen molar-refractivity contribution in [1.82, 2.24) is 0 Å². The zero-order valence-electron chi connectivity index (χ0n) is 16.4. The van der Waals surface area contributed by atoms with Crippen LogP contribution in [0.15, 0.2) is 18.2 Å². The number of carbonyl (C=O) groups is 2. The van der Waals surface area contributed by atoms with Crippen LogP contribution in [0.1, 0.15) is 24.8 Å². The van der Waals surface area contributed by atoms with E-state index in [9.17, 15) is 9.59 Å². The lowest BCUT2D eigenvalue weighted by molar-refractivity contribution is -0.154. The van der Waals surface area contributed by atoms with Crippen molar-refractivity contribution in [3.05, 3.63) is 23.8 Å². The van der Waals surface area contributed by atoms with Gasteiger partial charge in [0.25, 0.3) is 0 Å². The van der Waals surface area contributed by atoms with E-state index >= 15 is 0 Å². The number of hydrogen-bond acceptors (Lipinski definition) is 7. The SMILES string of the molecule is COCO[C@@H]1CCC(=O)[C@@H](Cc2ccc(OC)cc2OC)[C@H]1CC(=O)OC. The van der Waals surface area contributed by atoms with Crippen LogP contribution in [0, 0.1) is 11.8 Å². The molecule has 0 unspecified atom stereocenters. The number of Topliss-reactive ketones (excluding diaryl/α,β-unsaturated/α-hetero) is 1. The number of hydrogen-bond donors (Lipinski definition) is 0. The van der Waals surface area contributed by atoms with Gasteiger partial charge in [0.15, 0.2) is 0 Å². The number of rotatable bonds is 9. The van der Waals surface area contributed by atoms with E-state index in [1.54, 1.807) is 27.4 Å². The molecule has 0 aliphatic heterocycles. The summed E-state index contributed by atoms with van der Waals surface area (Å²) in [6.45, 7) is 0.120. The highest BCUT2D eigenvalue weighted by Gasteiger charge is 2.41. The molecule has 1 fully saturated rings. The van der Waals surface area contributed by atoms with Gasteiger partial charge in [0, 0.05) is 31.4 Å². The first-order chi connectivity index (χ1) is 13.0. The largest absolute Gasteiger partial charge is 0.497 e. The van der Waals surface area contributed by atoms with Gasteiger partial charge in [-0.05, 0) is 24.5 Å². The fourth-order valence-electron chi connectivity index (χ4n) is 3.62. The highest BCUT2D eigenvalue weighted by atomic mass is 16.7. The van der Waals surface area contributed by atoms with Gasteiger partial charge in [0.2, 0.25) is 0 Å². The number of benzene rings is 1. The van der Waals surface area contributed by atoms with E-state index < -0.39 is 0 Å². The quantitative estimate of drug-likeness (QED) is 0.481. The van der Waals surface area contributed by atoms with Gasteiger partial charge in [-0.3, -0.25) is 9.59 Å². The van der Waals surface area contributed by atoms with E-state index in [4.69, 9.17) is 23.7 Å². The Morgan fingerprint density at radius 3 is 2.56 bits per heavy atom. The summed E-state index contributed by atoms with van der Waals surface area (Å²) in [5.41, 5.74) is 0.888. The molecule has 150 valence electrons. The lowest BCUT2D eigenvalue weighted by atomic mass is 9.72. The maximum absolute atomic E-state index is 12.7. The minimum absolute atomic E-state index is 0.120. The Hall–Kier alpha value is -2.12. The molecule has 1 aromatic carbocycles. The lowest BCUT2D eigenvalue weighted by Gasteiger charge is -2.36. The molecule has 0 bridgehead atoms. The van der Waals surface area contributed by atoms with Crippen molar-refractivity contribution in [3.63, 3.8) is 0 Å². The van der Waals surface area contributed by atoms with Gasteiger partial charge in [-0.1, -0.05) is 6.07 Å². The topological polar surface area (TPSA) is 80.3 Å². The van der Waals surface area contributed by atoms with Crippen LogP contribution in [0.4, 0.5) is 0 Å². The number of methoxy groups -OCH3 is 4. The van der Waals surface area contributed by atoms with Crippen LogP contribution < -0.4 is 9.47 Å². The lowest BCUT2D eigenvalue weighted by Crippen LogP contribution is -2.42. The fourth-order valence-corrected chi connectivity index (χ4v) is 3.62. The third-order valence-electron chi connectivity index (χ3n) is 5.05.